The van der Waals surface area contributed by atoms with E-state index in [0.717, 1.165) is 11.1 Å². The highest BCUT2D eigenvalue weighted by atomic mass is 32.2. The number of hydrogen-bond acceptors (Lipinski definition) is 5. The minimum absolute atomic E-state index is 0.0384. The molecule has 0 fully saturated rings. The van der Waals surface area contributed by atoms with Crippen molar-refractivity contribution in [2.75, 3.05) is 18.0 Å². The number of hydrazine groups is 1. The first-order valence-corrected chi connectivity index (χ1v) is 11.6. The summed E-state index contributed by atoms with van der Waals surface area (Å²) < 4.78 is 32.3. The number of aryl methyl sites for hydroxylation is 2. The predicted octanol–water partition coefficient (Wildman–Crippen LogP) is 2.97. The summed E-state index contributed by atoms with van der Waals surface area (Å²) in [5.41, 5.74) is 7.09. The van der Waals surface area contributed by atoms with Crippen molar-refractivity contribution < 1.29 is 22.7 Å². The Labute approximate surface area is 193 Å². The van der Waals surface area contributed by atoms with E-state index in [9.17, 15) is 18.0 Å². The molecule has 3 rings (SSSR count). The average molecular weight is 468 g/mol. The number of amides is 2. The van der Waals surface area contributed by atoms with Crippen LogP contribution in [-0.4, -0.2) is 33.9 Å². The molecule has 0 heterocycles. The molecule has 2 N–H and O–H groups in total. The van der Waals surface area contributed by atoms with Gasteiger partial charge >= 0.3 is 0 Å². The third-order valence-corrected chi connectivity index (χ3v) is 6.77. The minimum Gasteiger partial charge on any atom is -0.483 e. The number of nitrogens with zero attached hydrogens (tertiary/aromatic N) is 1. The summed E-state index contributed by atoms with van der Waals surface area (Å²) in [7, 11) is -2.33. The smallest absolute Gasteiger partial charge is 0.276 e. The highest BCUT2D eigenvalue weighted by Gasteiger charge is 2.21. The molecule has 33 heavy (non-hydrogen) atoms. The van der Waals surface area contributed by atoms with E-state index in [1.807, 2.05) is 32.0 Å². The van der Waals surface area contributed by atoms with Crippen molar-refractivity contribution in [3.8, 4) is 5.75 Å². The maximum absolute atomic E-state index is 12.8. The monoisotopic (exact) mass is 467 g/mol. The number of anilines is 1. The summed E-state index contributed by atoms with van der Waals surface area (Å²) >= 11 is 0. The average Bonchev–Trinajstić information content (AvgIpc) is 2.82. The van der Waals surface area contributed by atoms with Crippen LogP contribution in [0.3, 0.4) is 0 Å². The maximum Gasteiger partial charge on any atom is 0.276 e. The van der Waals surface area contributed by atoms with Gasteiger partial charge < -0.3 is 4.74 Å². The van der Waals surface area contributed by atoms with Crippen molar-refractivity contribution in [3.05, 3.63) is 89.5 Å². The standard InChI is InChI=1S/C24H25N3O5S/c1-17-8-7-9-18(2)23(17)32-16-22(28)25-26-24(29)19-12-14-21(15-13-19)33(30,31)27(3)20-10-5-4-6-11-20/h4-15H,16H2,1-3H3,(H,25,28)(H,26,29). The van der Waals surface area contributed by atoms with Crippen molar-refractivity contribution >= 4 is 27.5 Å². The minimum atomic E-state index is -3.79. The quantitative estimate of drug-likeness (QED) is 0.520. The second kappa shape index (κ2) is 10.2. The number of carbonyl (C=O) groups excluding carboxylic acids is 2. The van der Waals surface area contributed by atoms with Crippen LogP contribution in [-0.2, 0) is 14.8 Å². The molecule has 0 unspecified atom stereocenters. The van der Waals surface area contributed by atoms with Crippen LogP contribution in [0.5, 0.6) is 5.75 Å². The number of benzene rings is 3. The summed E-state index contributed by atoms with van der Waals surface area (Å²) in [5, 5.41) is 0. The lowest BCUT2D eigenvalue weighted by Crippen LogP contribution is -2.43. The first-order chi connectivity index (χ1) is 15.7. The van der Waals surface area contributed by atoms with Crippen LogP contribution in [0.4, 0.5) is 5.69 Å². The van der Waals surface area contributed by atoms with Crippen LogP contribution in [0.1, 0.15) is 21.5 Å². The fourth-order valence-corrected chi connectivity index (χ4v) is 4.31. The van der Waals surface area contributed by atoms with Gasteiger partial charge in [0.05, 0.1) is 10.6 Å². The Hall–Kier alpha value is -3.85. The van der Waals surface area contributed by atoms with E-state index in [1.165, 1.54) is 35.6 Å². The molecule has 0 aliphatic heterocycles. The lowest BCUT2D eigenvalue weighted by atomic mass is 10.1. The Kier molecular flexibility index (Phi) is 7.34. The lowest BCUT2D eigenvalue weighted by molar-refractivity contribution is -0.123. The Balaban J connectivity index is 1.57. The summed E-state index contributed by atoms with van der Waals surface area (Å²) in [6.45, 7) is 3.49. The van der Waals surface area contributed by atoms with Crippen molar-refractivity contribution in [1.29, 1.82) is 0 Å². The van der Waals surface area contributed by atoms with Gasteiger partial charge in [0.15, 0.2) is 6.61 Å². The van der Waals surface area contributed by atoms with E-state index < -0.39 is 21.8 Å². The van der Waals surface area contributed by atoms with Crippen LogP contribution in [0.25, 0.3) is 0 Å². The number of hydrogen-bond donors (Lipinski definition) is 2. The first-order valence-electron chi connectivity index (χ1n) is 10.1. The van der Waals surface area contributed by atoms with Crippen LogP contribution < -0.4 is 19.9 Å². The van der Waals surface area contributed by atoms with E-state index in [1.54, 1.807) is 30.3 Å². The van der Waals surface area contributed by atoms with Gasteiger partial charge in [-0.15, -0.1) is 0 Å². The number of para-hydroxylation sites is 2. The van der Waals surface area contributed by atoms with Crippen molar-refractivity contribution in [3.63, 3.8) is 0 Å². The molecule has 9 heteroatoms. The predicted molar refractivity (Wildman–Crippen MR) is 125 cm³/mol. The lowest BCUT2D eigenvalue weighted by Gasteiger charge is -2.19. The number of carbonyl (C=O) groups is 2. The number of sulfonamides is 1. The van der Waals surface area contributed by atoms with E-state index in [-0.39, 0.29) is 17.1 Å². The molecule has 0 saturated heterocycles. The molecular formula is C24H25N3O5S. The van der Waals surface area contributed by atoms with Gasteiger partial charge in [0, 0.05) is 12.6 Å². The third kappa shape index (κ3) is 5.69. The zero-order valence-corrected chi connectivity index (χ0v) is 19.3. The van der Waals surface area contributed by atoms with Gasteiger partial charge in [-0.25, -0.2) is 8.42 Å². The molecule has 0 aliphatic rings. The maximum atomic E-state index is 12.8. The SMILES string of the molecule is Cc1cccc(C)c1OCC(=O)NNC(=O)c1ccc(S(=O)(=O)N(C)c2ccccc2)cc1. The molecule has 172 valence electrons. The summed E-state index contributed by atoms with van der Waals surface area (Å²) in [4.78, 5) is 24.4. The van der Waals surface area contributed by atoms with Gasteiger partial charge in [-0.1, -0.05) is 36.4 Å². The van der Waals surface area contributed by atoms with Gasteiger partial charge in [0.2, 0.25) is 0 Å². The number of nitrogens with one attached hydrogen (secondary N) is 2. The second-order valence-electron chi connectivity index (χ2n) is 7.34. The molecule has 0 atom stereocenters. The van der Waals surface area contributed by atoms with Gasteiger partial charge in [0.1, 0.15) is 5.75 Å². The van der Waals surface area contributed by atoms with E-state index in [2.05, 4.69) is 10.9 Å². The van der Waals surface area contributed by atoms with E-state index >= 15 is 0 Å². The summed E-state index contributed by atoms with van der Waals surface area (Å²) in [6, 6.07) is 19.8. The van der Waals surface area contributed by atoms with Crippen LogP contribution >= 0.6 is 0 Å². The molecule has 8 nitrogen and oxygen atoms in total. The fraction of sp³-hybridized carbons (Fsp3) is 0.167. The van der Waals surface area contributed by atoms with E-state index in [4.69, 9.17) is 4.74 Å². The zero-order valence-electron chi connectivity index (χ0n) is 18.5. The van der Waals surface area contributed by atoms with Gasteiger partial charge in [-0.05, 0) is 61.4 Å². The van der Waals surface area contributed by atoms with Crippen LogP contribution in [0.15, 0.2) is 77.7 Å². The van der Waals surface area contributed by atoms with Crippen LogP contribution in [0, 0.1) is 13.8 Å². The fourth-order valence-electron chi connectivity index (χ4n) is 3.11. The molecular weight excluding hydrogens is 442 g/mol. The molecule has 0 bridgehead atoms. The summed E-state index contributed by atoms with van der Waals surface area (Å²) in [5.74, 6) is -0.498. The second-order valence-corrected chi connectivity index (χ2v) is 9.31. The molecule has 0 radical (unpaired) electrons. The highest BCUT2D eigenvalue weighted by molar-refractivity contribution is 7.92. The Morgan fingerprint density at radius 2 is 1.45 bits per heavy atom. The Bertz CT molecular complexity index is 1220. The Morgan fingerprint density at radius 3 is 2.06 bits per heavy atom. The van der Waals surface area contributed by atoms with Crippen molar-refractivity contribution in [2.24, 2.45) is 0 Å². The van der Waals surface area contributed by atoms with Crippen LogP contribution in [0.2, 0.25) is 0 Å². The number of ether oxygens (including phenoxy) is 1. The van der Waals surface area contributed by atoms with Gasteiger partial charge in [-0.2, -0.15) is 0 Å². The number of rotatable bonds is 7. The zero-order chi connectivity index (χ0) is 24.0. The summed E-state index contributed by atoms with van der Waals surface area (Å²) in [6.07, 6.45) is 0. The van der Waals surface area contributed by atoms with E-state index in [0.29, 0.717) is 11.4 Å². The largest absolute Gasteiger partial charge is 0.483 e. The van der Waals surface area contributed by atoms with Crippen molar-refractivity contribution in [2.45, 2.75) is 18.7 Å². The Morgan fingerprint density at radius 1 is 0.848 bits per heavy atom. The highest BCUT2D eigenvalue weighted by Crippen LogP contribution is 2.23. The molecule has 3 aromatic rings. The molecule has 3 aromatic carbocycles. The van der Waals surface area contributed by atoms with Gasteiger partial charge in [-0.3, -0.25) is 24.7 Å². The molecule has 2 amide bonds. The molecule has 0 aliphatic carbocycles. The topological polar surface area (TPSA) is 105 Å². The third-order valence-electron chi connectivity index (χ3n) is 4.97. The van der Waals surface area contributed by atoms with Crippen molar-refractivity contribution in [1.82, 2.24) is 10.9 Å². The normalized spacial score (nSPS) is 10.9. The first kappa shape index (κ1) is 23.8. The molecule has 0 spiro atoms. The molecule has 0 aromatic heterocycles. The molecule has 0 saturated carbocycles. The van der Waals surface area contributed by atoms with Gasteiger partial charge in [0.25, 0.3) is 21.8 Å².